The van der Waals surface area contributed by atoms with Crippen molar-refractivity contribution in [1.82, 2.24) is 9.80 Å². The Labute approximate surface area is 139 Å². The Bertz CT molecular complexity index is 622. The van der Waals surface area contributed by atoms with E-state index in [1.807, 2.05) is 18.2 Å². The zero-order chi connectivity index (χ0) is 16.4. The zero-order valence-corrected chi connectivity index (χ0v) is 14.1. The Morgan fingerprint density at radius 2 is 2.00 bits per heavy atom. The molecule has 3 rings (SSSR count). The summed E-state index contributed by atoms with van der Waals surface area (Å²) < 4.78 is 10.5. The number of benzene rings is 1. The molecule has 0 radical (unpaired) electrons. The molecule has 0 N–H and O–H groups in total. The predicted octanol–water partition coefficient (Wildman–Crippen LogP) is 0.990. The maximum Gasteiger partial charge on any atom is 0.246 e. The van der Waals surface area contributed by atoms with E-state index in [0.717, 1.165) is 5.56 Å². The van der Waals surface area contributed by atoms with E-state index < -0.39 is 0 Å². The highest BCUT2D eigenvalue weighted by atomic mass is 32.2. The van der Waals surface area contributed by atoms with Crippen molar-refractivity contribution >= 4 is 23.6 Å². The van der Waals surface area contributed by atoms with Gasteiger partial charge in [0.25, 0.3) is 0 Å². The van der Waals surface area contributed by atoms with Gasteiger partial charge in [0.15, 0.2) is 11.5 Å². The minimum Gasteiger partial charge on any atom is -0.493 e. The molecule has 23 heavy (non-hydrogen) atoms. The number of ether oxygens (including phenoxy) is 2. The molecule has 1 aromatic rings. The normalized spacial score (nSPS) is 20.7. The number of amides is 2. The number of carbonyl (C=O) groups is 2. The van der Waals surface area contributed by atoms with Crippen molar-refractivity contribution in [3.05, 3.63) is 23.8 Å². The molecular formula is C16H20N2O4S. The van der Waals surface area contributed by atoms with Crippen molar-refractivity contribution in [2.75, 3.05) is 38.9 Å². The standard InChI is InChI=1S/C16H20N2O4S/c1-21-13-4-3-11(7-14(13)22-2)5-6-17-8-15(19)18-10-23-9-12(18)16(17)20/h3-4,7,12H,5-6,8-10H2,1-2H3/t12-/m1/s1. The number of methoxy groups -OCH3 is 2. The monoisotopic (exact) mass is 336 g/mol. The van der Waals surface area contributed by atoms with Gasteiger partial charge >= 0.3 is 0 Å². The van der Waals surface area contributed by atoms with Crippen LogP contribution in [0.3, 0.4) is 0 Å². The van der Waals surface area contributed by atoms with Crippen molar-refractivity contribution in [2.24, 2.45) is 0 Å². The fraction of sp³-hybridized carbons (Fsp3) is 0.500. The van der Waals surface area contributed by atoms with Crippen LogP contribution >= 0.6 is 11.8 Å². The van der Waals surface area contributed by atoms with E-state index in [2.05, 4.69) is 0 Å². The summed E-state index contributed by atoms with van der Waals surface area (Å²) in [7, 11) is 3.20. The van der Waals surface area contributed by atoms with E-state index in [1.165, 1.54) is 0 Å². The first-order valence-corrected chi connectivity index (χ1v) is 8.66. The summed E-state index contributed by atoms with van der Waals surface area (Å²) in [5, 5.41) is 0. The van der Waals surface area contributed by atoms with Gasteiger partial charge in [-0.05, 0) is 24.1 Å². The number of fused-ring (bicyclic) bond motifs is 1. The molecule has 2 aliphatic rings. The molecule has 2 heterocycles. The molecule has 7 heteroatoms. The molecule has 1 atom stereocenters. The first-order chi connectivity index (χ1) is 11.1. The molecule has 0 spiro atoms. The molecule has 1 aromatic carbocycles. The van der Waals surface area contributed by atoms with Crippen LogP contribution in [0.25, 0.3) is 0 Å². The second kappa shape index (κ2) is 6.70. The molecule has 2 amide bonds. The van der Waals surface area contributed by atoms with Gasteiger partial charge in [-0.2, -0.15) is 0 Å². The highest BCUT2D eigenvalue weighted by Crippen LogP contribution is 2.29. The van der Waals surface area contributed by atoms with Gasteiger partial charge in [-0.1, -0.05) is 6.07 Å². The first-order valence-electron chi connectivity index (χ1n) is 7.51. The molecule has 0 aromatic heterocycles. The summed E-state index contributed by atoms with van der Waals surface area (Å²) in [5.74, 6) is 2.81. The van der Waals surface area contributed by atoms with E-state index in [-0.39, 0.29) is 24.4 Å². The van der Waals surface area contributed by atoms with Gasteiger partial charge in [0, 0.05) is 12.3 Å². The van der Waals surface area contributed by atoms with Crippen LogP contribution in [0.5, 0.6) is 11.5 Å². The second-order valence-corrected chi connectivity index (χ2v) is 6.58. The lowest BCUT2D eigenvalue weighted by Gasteiger charge is -2.35. The number of rotatable bonds is 5. The predicted molar refractivity (Wildman–Crippen MR) is 87.8 cm³/mol. The van der Waals surface area contributed by atoms with Crippen LogP contribution < -0.4 is 9.47 Å². The summed E-state index contributed by atoms with van der Waals surface area (Å²) in [6.45, 7) is 0.720. The number of carbonyl (C=O) groups excluding carboxylic acids is 2. The SMILES string of the molecule is COc1ccc(CCN2CC(=O)N3CSC[C@@H]3C2=O)cc1OC. The van der Waals surface area contributed by atoms with Gasteiger partial charge in [-0.3, -0.25) is 9.59 Å². The van der Waals surface area contributed by atoms with Crippen molar-refractivity contribution in [1.29, 1.82) is 0 Å². The molecule has 0 bridgehead atoms. The van der Waals surface area contributed by atoms with E-state index >= 15 is 0 Å². The van der Waals surface area contributed by atoms with Crippen LogP contribution in [0.2, 0.25) is 0 Å². The zero-order valence-electron chi connectivity index (χ0n) is 13.3. The van der Waals surface area contributed by atoms with Gasteiger partial charge in [0.2, 0.25) is 11.8 Å². The topological polar surface area (TPSA) is 59.1 Å². The van der Waals surface area contributed by atoms with Gasteiger partial charge in [0.1, 0.15) is 6.04 Å². The molecule has 124 valence electrons. The quantitative estimate of drug-likeness (QED) is 0.803. The fourth-order valence-corrected chi connectivity index (χ4v) is 4.10. The maximum absolute atomic E-state index is 12.5. The molecule has 0 saturated carbocycles. The van der Waals surface area contributed by atoms with E-state index in [1.54, 1.807) is 35.8 Å². The van der Waals surface area contributed by atoms with E-state index in [0.29, 0.717) is 36.1 Å². The summed E-state index contributed by atoms with van der Waals surface area (Å²) in [4.78, 5) is 27.9. The van der Waals surface area contributed by atoms with E-state index in [9.17, 15) is 9.59 Å². The largest absolute Gasteiger partial charge is 0.493 e. The Balaban J connectivity index is 1.66. The minimum atomic E-state index is -0.272. The van der Waals surface area contributed by atoms with Crippen LogP contribution in [0, 0.1) is 0 Å². The highest BCUT2D eigenvalue weighted by Gasteiger charge is 2.42. The summed E-state index contributed by atoms with van der Waals surface area (Å²) in [5.41, 5.74) is 1.05. The van der Waals surface area contributed by atoms with Crippen LogP contribution in [-0.4, -0.2) is 66.6 Å². The van der Waals surface area contributed by atoms with Crippen LogP contribution in [0.1, 0.15) is 5.56 Å². The summed E-state index contributed by atoms with van der Waals surface area (Å²) in [6.07, 6.45) is 0.680. The number of nitrogens with zero attached hydrogens (tertiary/aromatic N) is 2. The lowest BCUT2D eigenvalue weighted by Crippen LogP contribution is -2.58. The number of thioether (sulfide) groups is 1. The molecule has 2 saturated heterocycles. The average molecular weight is 336 g/mol. The Morgan fingerprint density at radius 3 is 2.74 bits per heavy atom. The number of hydrogen-bond donors (Lipinski definition) is 0. The van der Waals surface area contributed by atoms with Crippen molar-refractivity contribution in [3.8, 4) is 11.5 Å². The Kier molecular flexibility index (Phi) is 4.66. The third kappa shape index (κ3) is 3.10. The lowest BCUT2D eigenvalue weighted by atomic mass is 10.1. The third-order valence-corrected chi connectivity index (χ3v) is 5.26. The van der Waals surface area contributed by atoms with Gasteiger partial charge in [-0.15, -0.1) is 11.8 Å². The Hall–Kier alpha value is -1.89. The van der Waals surface area contributed by atoms with Gasteiger partial charge < -0.3 is 19.3 Å². The van der Waals surface area contributed by atoms with Crippen molar-refractivity contribution in [2.45, 2.75) is 12.5 Å². The van der Waals surface area contributed by atoms with Crippen molar-refractivity contribution in [3.63, 3.8) is 0 Å². The molecule has 0 unspecified atom stereocenters. The minimum absolute atomic E-state index is 0.0481. The molecule has 2 fully saturated rings. The number of piperazine rings is 1. The average Bonchev–Trinajstić information content (AvgIpc) is 3.07. The molecule has 2 aliphatic heterocycles. The Morgan fingerprint density at radius 1 is 1.22 bits per heavy atom. The van der Waals surface area contributed by atoms with Crippen LogP contribution in [0.4, 0.5) is 0 Å². The number of hydrogen-bond acceptors (Lipinski definition) is 5. The summed E-state index contributed by atoms with van der Waals surface area (Å²) in [6, 6.07) is 5.45. The van der Waals surface area contributed by atoms with Crippen molar-refractivity contribution < 1.29 is 19.1 Å². The van der Waals surface area contributed by atoms with E-state index in [4.69, 9.17) is 9.47 Å². The lowest BCUT2D eigenvalue weighted by molar-refractivity contribution is -0.153. The van der Waals surface area contributed by atoms with Crippen LogP contribution in [0.15, 0.2) is 18.2 Å². The smallest absolute Gasteiger partial charge is 0.246 e. The molecule has 6 nitrogen and oxygen atoms in total. The second-order valence-electron chi connectivity index (χ2n) is 5.58. The first kappa shape index (κ1) is 16.0. The fourth-order valence-electron chi connectivity index (χ4n) is 2.93. The summed E-state index contributed by atoms with van der Waals surface area (Å²) >= 11 is 1.64. The maximum atomic E-state index is 12.5. The molecular weight excluding hydrogens is 316 g/mol. The van der Waals surface area contributed by atoms with Gasteiger partial charge in [0.05, 0.1) is 26.6 Å². The van der Waals surface area contributed by atoms with Gasteiger partial charge in [-0.25, -0.2) is 0 Å². The third-order valence-electron chi connectivity index (χ3n) is 4.24. The molecule has 0 aliphatic carbocycles. The van der Waals surface area contributed by atoms with Crippen LogP contribution in [-0.2, 0) is 16.0 Å². The highest BCUT2D eigenvalue weighted by molar-refractivity contribution is 7.99.